The molecule has 1 aliphatic heterocycles. The molecule has 1 aliphatic rings. The van der Waals surface area contributed by atoms with Gasteiger partial charge in [-0.15, -0.1) is 0 Å². The Kier molecular flexibility index (Phi) is 5.55. The van der Waals surface area contributed by atoms with E-state index in [4.69, 9.17) is 4.74 Å². The summed E-state index contributed by atoms with van der Waals surface area (Å²) in [5.74, 6) is 2.65. The fraction of sp³-hybridized carbons (Fsp3) is 0.714. The number of anilines is 2. The van der Waals surface area contributed by atoms with Crippen molar-refractivity contribution in [1.29, 1.82) is 0 Å². The Hall–Kier alpha value is -1.40. The number of ether oxygens (including phenoxy) is 1. The molecule has 0 aromatic carbocycles. The van der Waals surface area contributed by atoms with Crippen LogP contribution in [0.2, 0.25) is 0 Å². The lowest BCUT2D eigenvalue weighted by atomic mass is 10.2. The molecule has 6 heteroatoms. The van der Waals surface area contributed by atoms with E-state index in [1.807, 2.05) is 6.07 Å². The number of aliphatic hydroxyl groups excluding tert-OH is 1. The van der Waals surface area contributed by atoms with Gasteiger partial charge in [0.25, 0.3) is 0 Å². The number of nitrogens with zero attached hydrogens (tertiary/aromatic N) is 3. The van der Waals surface area contributed by atoms with E-state index in [1.165, 1.54) is 0 Å². The van der Waals surface area contributed by atoms with Gasteiger partial charge in [0.2, 0.25) is 0 Å². The van der Waals surface area contributed by atoms with Gasteiger partial charge in [0.05, 0.1) is 19.3 Å². The minimum atomic E-state index is -0.129. The Bertz CT molecular complexity index is 403. The third kappa shape index (κ3) is 3.80. The second-order valence-electron chi connectivity index (χ2n) is 4.93. The van der Waals surface area contributed by atoms with Gasteiger partial charge in [-0.1, -0.05) is 6.92 Å². The van der Waals surface area contributed by atoms with Crippen molar-refractivity contribution in [3.8, 4) is 0 Å². The lowest BCUT2D eigenvalue weighted by Gasteiger charge is -2.33. The van der Waals surface area contributed by atoms with Crippen LogP contribution in [0.5, 0.6) is 0 Å². The van der Waals surface area contributed by atoms with Crippen LogP contribution < -0.4 is 10.2 Å². The number of nitrogens with one attached hydrogen (secondary N) is 1. The first-order valence-corrected chi connectivity index (χ1v) is 7.36. The van der Waals surface area contributed by atoms with Crippen LogP contribution in [-0.2, 0) is 11.2 Å². The summed E-state index contributed by atoms with van der Waals surface area (Å²) >= 11 is 0. The molecule has 1 aromatic rings. The molecule has 1 saturated heterocycles. The van der Waals surface area contributed by atoms with E-state index >= 15 is 0 Å². The van der Waals surface area contributed by atoms with Crippen molar-refractivity contribution in [1.82, 2.24) is 9.97 Å². The Labute approximate surface area is 120 Å². The van der Waals surface area contributed by atoms with Crippen molar-refractivity contribution >= 4 is 11.6 Å². The molecule has 20 heavy (non-hydrogen) atoms. The topological polar surface area (TPSA) is 70.5 Å². The van der Waals surface area contributed by atoms with Gasteiger partial charge in [-0.25, -0.2) is 9.97 Å². The predicted octanol–water partition coefficient (Wildman–Crippen LogP) is 1.06. The van der Waals surface area contributed by atoms with Gasteiger partial charge in [-0.3, -0.25) is 0 Å². The number of rotatable bonds is 6. The molecular formula is C14H24N4O2. The second-order valence-corrected chi connectivity index (χ2v) is 4.93. The van der Waals surface area contributed by atoms with E-state index in [-0.39, 0.29) is 12.7 Å². The van der Waals surface area contributed by atoms with Gasteiger partial charge in [0.1, 0.15) is 17.5 Å². The zero-order valence-corrected chi connectivity index (χ0v) is 12.3. The fourth-order valence-electron chi connectivity index (χ4n) is 2.29. The number of aryl methyl sites for hydroxylation is 1. The molecule has 2 heterocycles. The second kappa shape index (κ2) is 7.40. The smallest absolute Gasteiger partial charge is 0.134 e. The zero-order chi connectivity index (χ0) is 14.4. The zero-order valence-electron chi connectivity index (χ0n) is 12.3. The average molecular weight is 280 g/mol. The van der Waals surface area contributed by atoms with Crippen molar-refractivity contribution in [2.24, 2.45) is 0 Å². The van der Waals surface area contributed by atoms with Gasteiger partial charge >= 0.3 is 0 Å². The van der Waals surface area contributed by atoms with E-state index in [9.17, 15) is 5.11 Å². The Balaban J connectivity index is 2.19. The predicted molar refractivity (Wildman–Crippen MR) is 79.2 cm³/mol. The molecule has 1 atom stereocenters. The third-order valence-electron chi connectivity index (χ3n) is 3.26. The van der Waals surface area contributed by atoms with Crippen LogP contribution in [0, 0.1) is 0 Å². The number of aromatic nitrogens is 2. The molecule has 2 rings (SSSR count). The lowest BCUT2D eigenvalue weighted by Crippen LogP contribution is -2.44. The number of morpholine rings is 1. The van der Waals surface area contributed by atoms with Crippen LogP contribution in [0.15, 0.2) is 6.07 Å². The highest BCUT2D eigenvalue weighted by atomic mass is 16.5. The molecule has 0 aliphatic carbocycles. The van der Waals surface area contributed by atoms with Crippen molar-refractivity contribution < 1.29 is 9.84 Å². The van der Waals surface area contributed by atoms with Crippen LogP contribution in [0.25, 0.3) is 0 Å². The molecule has 0 amide bonds. The lowest BCUT2D eigenvalue weighted by molar-refractivity contribution is 0.00335. The summed E-state index contributed by atoms with van der Waals surface area (Å²) in [6.45, 7) is 7.15. The van der Waals surface area contributed by atoms with Gasteiger partial charge in [-0.2, -0.15) is 0 Å². The molecule has 0 spiro atoms. The summed E-state index contributed by atoms with van der Waals surface area (Å²) < 4.78 is 5.48. The average Bonchev–Trinajstić information content (AvgIpc) is 2.48. The highest BCUT2D eigenvalue weighted by Gasteiger charge is 2.21. The van der Waals surface area contributed by atoms with Crippen molar-refractivity contribution in [2.75, 3.05) is 43.1 Å². The number of hydrogen-bond acceptors (Lipinski definition) is 6. The third-order valence-corrected chi connectivity index (χ3v) is 3.26. The fourth-order valence-corrected chi connectivity index (χ4v) is 2.29. The molecule has 1 unspecified atom stereocenters. The van der Waals surface area contributed by atoms with Gasteiger partial charge in [0, 0.05) is 32.1 Å². The molecule has 2 N–H and O–H groups in total. The first kappa shape index (κ1) is 15.0. The molecule has 0 bridgehead atoms. The van der Waals surface area contributed by atoms with Crippen LogP contribution in [0.1, 0.15) is 26.1 Å². The van der Waals surface area contributed by atoms with Crippen LogP contribution in [-0.4, -0.2) is 54.0 Å². The summed E-state index contributed by atoms with van der Waals surface area (Å²) in [4.78, 5) is 11.3. The van der Waals surface area contributed by atoms with Crippen molar-refractivity contribution in [3.63, 3.8) is 0 Å². The molecule has 6 nitrogen and oxygen atoms in total. The monoisotopic (exact) mass is 280 g/mol. The highest BCUT2D eigenvalue weighted by Crippen LogP contribution is 2.19. The Morgan fingerprint density at radius 2 is 2.30 bits per heavy atom. The van der Waals surface area contributed by atoms with Gasteiger partial charge in [-0.05, 0) is 13.3 Å². The minimum Gasteiger partial charge on any atom is -0.394 e. The minimum absolute atomic E-state index is 0.0451. The summed E-state index contributed by atoms with van der Waals surface area (Å²) in [5, 5.41) is 12.5. The van der Waals surface area contributed by atoms with E-state index in [2.05, 4.69) is 34.0 Å². The maximum atomic E-state index is 9.24. The molecular weight excluding hydrogens is 256 g/mol. The molecule has 0 saturated carbocycles. The van der Waals surface area contributed by atoms with E-state index in [1.54, 1.807) is 0 Å². The van der Waals surface area contributed by atoms with E-state index < -0.39 is 0 Å². The normalized spacial score (nSPS) is 19.1. The SMILES string of the molecule is CCCc1nc(NCC)cc(N2CCOC(CO)C2)n1. The Morgan fingerprint density at radius 1 is 1.45 bits per heavy atom. The first-order chi connectivity index (χ1) is 9.76. The molecule has 0 radical (unpaired) electrons. The quantitative estimate of drug-likeness (QED) is 0.812. The van der Waals surface area contributed by atoms with Crippen molar-refractivity contribution in [3.05, 3.63) is 11.9 Å². The largest absolute Gasteiger partial charge is 0.394 e. The standard InChI is InChI=1S/C14H24N4O2/c1-3-5-12-16-13(15-4-2)8-14(17-12)18-6-7-20-11(9-18)10-19/h8,11,19H,3-7,9-10H2,1-2H3,(H,15,16,17). The van der Waals surface area contributed by atoms with Gasteiger partial charge < -0.3 is 20.1 Å². The van der Waals surface area contributed by atoms with E-state index in [0.29, 0.717) is 13.2 Å². The molecule has 1 fully saturated rings. The maximum absolute atomic E-state index is 9.24. The summed E-state index contributed by atoms with van der Waals surface area (Å²) in [6, 6.07) is 1.97. The van der Waals surface area contributed by atoms with Crippen LogP contribution in [0.3, 0.4) is 0 Å². The highest BCUT2D eigenvalue weighted by molar-refractivity contribution is 5.49. The van der Waals surface area contributed by atoms with Crippen LogP contribution >= 0.6 is 0 Å². The number of aliphatic hydroxyl groups is 1. The number of hydrogen-bond donors (Lipinski definition) is 2. The van der Waals surface area contributed by atoms with E-state index in [0.717, 1.165) is 43.4 Å². The molecule has 1 aromatic heterocycles. The van der Waals surface area contributed by atoms with Crippen molar-refractivity contribution in [2.45, 2.75) is 32.8 Å². The maximum Gasteiger partial charge on any atom is 0.134 e. The molecule has 112 valence electrons. The summed E-state index contributed by atoms with van der Waals surface area (Å²) in [7, 11) is 0. The summed E-state index contributed by atoms with van der Waals surface area (Å²) in [6.07, 6.45) is 1.77. The van der Waals surface area contributed by atoms with Crippen LogP contribution in [0.4, 0.5) is 11.6 Å². The summed E-state index contributed by atoms with van der Waals surface area (Å²) in [5.41, 5.74) is 0. The first-order valence-electron chi connectivity index (χ1n) is 7.36. The van der Waals surface area contributed by atoms with Gasteiger partial charge in [0.15, 0.2) is 0 Å². The Morgan fingerprint density at radius 3 is 3.00 bits per heavy atom.